The summed E-state index contributed by atoms with van der Waals surface area (Å²) in [6.45, 7) is 4.83. The standard InChI is InChI=1S/C25H27N5O3/c1-2-21(32)30-12-16(13-30)23-22(14-7-9-15(10-8-14)24(26)33)18-11-19(28-29-25(18)27-23)17-5-3-4-6-20(17)31/h2-6,11,14-16,31H,1,7-10,12-13H2,(H2,26,33)(H,27,29). The molecule has 2 fully saturated rings. The minimum atomic E-state index is -0.224. The number of carbonyl (C=O) groups is 2. The van der Waals surface area contributed by atoms with Crippen LogP contribution in [-0.4, -0.2) is 50.1 Å². The van der Waals surface area contributed by atoms with Crippen molar-refractivity contribution in [2.45, 2.75) is 37.5 Å². The van der Waals surface area contributed by atoms with Gasteiger partial charge < -0.3 is 20.7 Å². The number of phenols is 1. The Morgan fingerprint density at radius 3 is 2.52 bits per heavy atom. The molecule has 2 amide bonds. The summed E-state index contributed by atoms with van der Waals surface area (Å²) >= 11 is 0. The van der Waals surface area contributed by atoms with Crippen LogP contribution in [-0.2, 0) is 9.59 Å². The molecule has 1 aliphatic heterocycles. The van der Waals surface area contributed by atoms with Crippen molar-refractivity contribution < 1.29 is 14.7 Å². The van der Waals surface area contributed by atoms with E-state index in [1.807, 2.05) is 18.2 Å². The molecule has 0 radical (unpaired) electrons. The lowest BCUT2D eigenvalue weighted by atomic mass is 9.76. The first-order chi connectivity index (χ1) is 16.0. The van der Waals surface area contributed by atoms with E-state index in [-0.39, 0.29) is 35.3 Å². The Kier molecular flexibility index (Phi) is 5.36. The molecule has 3 heterocycles. The summed E-state index contributed by atoms with van der Waals surface area (Å²) in [7, 11) is 0. The highest BCUT2D eigenvalue weighted by Gasteiger charge is 2.37. The van der Waals surface area contributed by atoms with Crippen LogP contribution in [0.3, 0.4) is 0 Å². The Bertz CT molecular complexity index is 1240. The highest BCUT2D eigenvalue weighted by molar-refractivity contribution is 5.89. The molecule has 4 N–H and O–H groups in total. The Labute approximate surface area is 191 Å². The van der Waals surface area contributed by atoms with Crippen LogP contribution in [0.1, 0.15) is 48.8 Å². The lowest BCUT2D eigenvalue weighted by molar-refractivity contribution is -0.130. The highest BCUT2D eigenvalue weighted by Crippen LogP contribution is 2.44. The predicted molar refractivity (Wildman–Crippen MR) is 124 cm³/mol. The van der Waals surface area contributed by atoms with E-state index < -0.39 is 0 Å². The van der Waals surface area contributed by atoms with Gasteiger partial charge in [0, 0.05) is 41.6 Å². The summed E-state index contributed by atoms with van der Waals surface area (Å²) < 4.78 is 0. The summed E-state index contributed by atoms with van der Waals surface area (Å²) in [5.74, 6) is 0.236. The van der Waals surface area contributed by atoms with Gasteiger partial charge in [-0.3, -0.25) is 9.59 Å². The number of rotatable bonds is 5. The van der Waals surface area contributed by atoms with Gasteiger partial charge in [0.05, 0.1) is 5.69 Å². The number of nitrogens with zero attached hydrogens (tertiary/aromatic N) is 3. The summed E-state index contributed by atoms with van der Waals surface area (Å²) in [6.07, 6.45) is 4.61. The molecule has 5 rings (SSSR count). The van der Waals surface area contributed by atoms with Gasteiger partial charge >= 0.3 is 0 Å². The molecule has 33 heavy (non-hydrogen) atoms. The van der Waals surface area contributed by atoms with Gasteiger partial charge in [0.15, 0.2) is 5.65 Å². The van der Waals surface area contributed by atoms with E-state index in [2.05, 4.69) is 21.8 Å². The minimum absolute atomic E-state index is 0.0625. The number of phenolic OH excluding ortho intramolecular Hbond substituents is 1. The smallest absolute Gasteiger partial charge is 0.245 e. The zero-order valence-electron chi connectivity index (χ0n) is 18.3. The van der Waals surface area contributed by atoms with Crippen LogP contribution in [0, 0.1) is 5.92 Å². The molecule has 1 aromatic carbocycles. The van der Waals surface area contributed by atoms with Crippen LogP contribution < -0.4 is 5.73 Å². The molecule has 0 atom stereocenters. The molecule has 3 aromatic rings. The second-order valence-corrected chi connectivity index (χ2v) is 9.06. The molecule has 2 aliphatic rings. The number of benzene rings is 1. The van der Waals surface area contributed by atoms with Gasteiger partial charge in [-0.25, -0.2) is 0 Å². The molecule has 2 aromatic heterocycles. The van der Waals surface area contributed by atoms with Crippen LogP contribution in [0.15, 0.2) is 43.0 Å². The number of primary amides is 1. The Balaban J connectivity index is 1.55. The maximum atomic E-state index is 12.0. The number of nitrogens with two attached hydrogens (primary N) is 1. The Morgan fingerprint density at radius 1 is 1.12 bits per heavy atom. The van der Waals surface area contributed by atoms with Crippen molar-refractivity contribution in [2.24, 2.45) is 11.7 Å². The van der Waals surface area contributed by atoms with Crippen molar-refractivity contribution >= 4 is 22.8 Å². The van der Waals surface area contributed by atoms with Crippen molar-refractivity contribution in [1.29, 1.82) is 0 Å². The fraction of sp³-hybridized carbons (Fsp3) is 0.360. The average Bonchev–Trinajstić information content (AvgIpc) is 3.16. The maximum Gasteiger partial charge on any atom is 0.245 e. The molecule has 8 nitrogen and oxygen atoms in total. The second kappa shape index (κ2) is 8.35. The topological polar surface area (TPSA) is 125 Å². The van der Waals surface area contributed by atoms with Crippen molar-refractivity contribution in [1.82, 2.24) is 20.1 Å². The van der Waals surface area contributed by atoms with Crippen molar-refractivity contribution in [3.63, 3.8) is 0 Å². The van der Waals surface area contributed by atoms with E-state index >= 15 is 0 Å². The zero-order valence-corrected chi connectivity index (χ0v) is 18.3. The number of aromatic nitrogens is 3. The van der Waals surface area contributed by atoms with Crippen LogP contribution in [0.25, 0.3) is 22.3 Å². The quantitative estimate of drug-likeness (QED) is 0.520. The Morgan fingerprint density at radius 2 is 1.85 bits per heavy atom. The van der Waals surface area contributed by atoms with Crippen molar-refractivity contribution in [3.05, 3.63) is 54.2 Å². The molecule has 8 heteroatoms. The number of amides is 2. The van der Waals surface area contributed by atoms with E-state index in [1.165, 1.54) is 11.6 Å². The van der Waals surface area contributed by atoms with Crippen LogP contribution >= 0.6 is 0 Å². The first-order valence-electron chi connectivity index (χ1n) is 11.3. The average molecular weight is 446 g/mol. The zero-order chi connectivity index (χ0) is 23.1. The van der Waals surface area contributed by atoms with Gasteiger partial charge in [-0.1, -0.05) is 18.7 Å². The summed E-state index contributed by atoms with van der Waals surface area (Å²) in [5, 5.41) is 20.1. The number of likely N-dealkylation sites (tertiary alicyclic amines) is 1. The molecule has 0 unspecified atom stereocenters. The van der Waals surface area contributed by atoms with Crippen LogP contribution in [0.4, 0.5) is 0 Å². The third-order valence-electron chi connectivity index (χ3n) is 7.12. The molecule has 1 saturated carbocycles. The van der Waals surface area contributed by atoms with E-state index in [9.17, 15) is 14.7 Å². The van der Waals surface area contributed by atoms with Crippen molar-refractivity contribution in [3.8, 4) is 17.0 Å². The lowest BCUT2D eigenvalue weighted by Gasteiger charge is -2.39. The number of aromatic hydroxyl groups is 1. The molecule has 1 saturated heterocycles. The van der Waals surface area contributed by atoms with Gasteiger partial charge in [0.2, 0.25) is 11.8 Å². The van der Waals surface area contributed by atoms with Crippen molar-refractivity contribution in [2.75, 3.05) is 13.1 Å². The van der Waals surface area contributed by atoms with Gasteiger partial charge in [0.1, 0.15) is 5.75 Å². The number of para-hydroxylation sites is 1. The van der Waals surface area contributed by atoms with Gasteiger partial charge in [-0.05, 0) is 61.4 Å². The predicted octanol–water partition coefficient (Wildman–Crippen LogP) is 3.20. The van der Waals surface area contributed by atoms with Gasteiger partial charge in [-0.15, -0.1) is 10.2 Å². The fourth-order valence-electron chi connectivity index (χ4n) is 5.25. The molecule has 170 valence electrons. The number of aromatic amines is 1. The van der Waals surface area contributed by atoms with E-state index in [0.29, 0.717) is 30.0 Å². The summed E-state index contributed by atoms with van der Waals surface area (Å²) in [5.41, 5.74) is 9.77. The molecule has 0 bridgehead atoms. The number of hydrogen-bond acceptors (Lipinski definition) is 5. The number of H-pyrrole nitrogens is 1. The van der Waals surface area contributed by atoms with E-state index in [0.717, 1.165) is 36.8 Å². The second-order valence-electron chi connectivity index (χ2n) is 9.06. The third-order valence-corrected chi connectivity index (χ3v) is 7.12. The SMILES string of the molecule is C=CC(=O)N1CC(c2[nH]c3nnc(-c4ccccc4O)cc3c2C2CCC(C(N)=O)CC2)C1. The lowest BCUT2D eigenvalue weighted by Crippen LogP contribution is -2.48. The molecule has 1 aliphatic carbocycles. The van der Waals surface area contributed by atoms with E-state index in [1.54, 1.807) is 17.0 Å². The van der Waals surface area contributed by atoms with Gasteiger partial charge in [0.25, 0.3) is 0 Å². The van der Waals surface area contributed by atoms with E-state index in [4.69, 9.17) is 5.73 Å². The monoisotopic (exact) mass is 445 g/mol. The Hall–Kier alpha value is -3.68. The third kappa shape index (κ3) is 3.75. The van der Waals surface area contributed by atoms with Crippen LogP contribution in [0.2, 0.25) is 0 Å². The molecular formula is C25H27N5O3. The van der Waals surface area contributed by atoms with Gasteiger partial charge in [-0.2, -0.15) is 0 Å². The maximum absolute atomic E-state index is 12.0. The highest BCUT2D eigenvalue weighted by atomic mass is 16.3. The molecule has 0 spiro atoms. The number of hydrogen-bond donors (Lipinski definition) is 3. The summed E-state index contributed by atoms with van der Waals surface area (Å²) in [6, 6.07) is 9.07. The first kappa shape index (κ1) is 21.2. The fourth-order valence-corrected chi connectivity index (χ4v) is 5.25. The number of fused-ring (bicyclic) bond motifs is 1. The largest absolute Gasteiger partial charge is 0.507 e. The number of carbonyl (C=O) groups excluding carboxylic acids is 2. The number of nitrogens with one attached hydrogen (secondary N) is 1. The van der Waals surface area contributed by atoms with Crippen LogP contribution in [0.5, 0.6) is 5.75 Å². The minimum Gasteiger partial charge on any atom is -0.507 e. The normalized spacial score (nSPS) is 21.0. The summed E-state index contributed by atoms with van der Waals surface area (Å²) in [4.78, 5) is 28.9. The molecular weight excluding hydrogens is 418 g/mol. The first-order valence-corrected chi connectivity index (χ1v) is 11.3.